The molecular formula is C30H30Cl2N2O6S2. The summed E-state index contributed by atoms with van der Waals surface area (Å²) in [6.07, 6.45) is 1.53. The number of hydrogen-bond acceptors (Lipinski definition) is 6. The average Bonchev–Trinajstić information content (AvgIpc) is 3.53. The maximum atomic E-state index is 14.5. The number of urea groups is 1. The van der Waals surface area contributed by atoms with Gasteiger partial charge < -0.3 is 15.0 Å². The zero-order chi connectivity index (χ0) is 29.7. The minimum absolute atomic E-state index is 0.0359. The Morgan fingerprint density at radius 1 is 1.02 bits per heavy atom. The van der Waals surface area contributed by atoms with Crippen LogP contribution >= 0.6 is 23.2 Å². The van der Waals surface area contributed by atoms with Crippen molar-refractivity contribution in [1.29, 1.82) is 0 Å². The highest BCUT2D eigenvalue weighted by molar-refractivity contribution is 7.92. The van der Waals surface area contributed by atoms with E-state index in [9.17, 15) is 21.6 Å². The monoisotopic (exact) mass is 648 g/mol. The molecule has 2 aliphatic heterocycles. The summed E-state index contributed by atoms with van der Waals surface area (Å²) >= 11 is 12.6. The second-order valence-corrected chi connectivity index (χ2v) is 16.3. The van der Waals surface area contributed by atoms with E-state index in [4.69, 9.17) is 27.9 Å². The van der Waals surface area contributed by atoms with E-state index in [1.807, 2.05) is 6.07 Å². The van der Waals surface area contributed by atoms with Crippen molar-refractivity contribution >= 4 is 48.9 Å². The summed E-state index contributed by atoms with van der Waals surface area (Å²) in [5, 5.41) is 3.86. The predicted molar refractivity (Wildman–Crippen MR) is 162 cm³/mol. The van der Waals surface area contributed by atoms with Crippen LogP contribution in [0.5, 0.6) is 5.75 Å². The molecule has 3 aliphatic rings. The van der Waals surface area contributed by atoms with Crippen LogP contribution in [0, 0.1) is 0 Å². The minimum Gasteiger partial charge on any atom is -0.489 e. The lowest BCUT2D eigenvalue weighted by atomic mass is 9.78. The Labute approximate surface area is 255 Å². The molecule has 0 radical (unpaired) electrons. The molecule has 0 saturated carbocycles. The van der Waals surface area contributed by atoms with Crippen LogP contribution in [-0.4, -0.2) is 57.9 Å². The van der Waals surface area contributed by atoms with Gasteiger partial charge in [-0.2, -0.15) is 0 Å². The highest BCUT2D eigenvalue weighted by Gasteiger charge is 2.61. The number of hydrogen-bond donors (Lipinski definition) is 1. The molecule has 1 unspecified atom stereocenters. The standard InChI is InChI=1S/C30H30Cl2N2O6S2/c31-26-7-4-8-27(32)24(26)18-40-22-10-11-25-20(17-22)9-12-28-30(25,42(38,39)23-5-2-1-3-6-23)14-15-34(28)29(35)33-21-13-16-41(36,37)19-21/h1-8,10-11,17,21,28H,9,12-16,18-19H2,(H,33,35)/t21?,28-,30-/m1/s1. The SMILES string of the molecule is O=C(NC1CCS(=O)(=O)C1)N1CC[C@@]2(S(=O)(=O)c3ccccc3)c3ccc(OCc4c(Cl)cccc4Cl)cc3CC[C@@H]12. The van der Waals surface area contributed by atoms with Crippen molar-refractivity contribution in [2.45, 2.75) is 54.0 Å². The lowest BCUT2D eigenvalue weighted by Crippen LogP contribution is -2.55. The number of fused-ring (bicyclic) bond motifs is 3. The minimum atomic E-state index is -3.96. The first-order valence-electron chi connectivity index (χ1n) is 13.8. The summed E-state index contributed by atoms with van der Waals surface area (Å²) in [6.45, 7) is 0.378. The molecule has 3 atom stereocenters. The van der Waals surface area contributed by atoms with E-state index in [2.05, 4.69) is 5.32 Å². The molecule has 0 bridgehead atoms. The van der Waals surface area contributed by atoms with Gasteiger partial charge in [-0.3, -0.25) is 0 Å². The van der Waals surface area contributed by atoms with Crippen LogP contribution in [0.2, 0.25) is 10.0 Å². The van der Waals surface area contributed by atoms with Crippen LogP contribution in [0.15, 0.2) is 71.6 Å². The van der Waals surface area contributed by atoms with Gasteiger partial charge in [0.15, 0.2) is 19.7 Å². The van der Waals surface area contributed by atoms with Gasteiger partial charge >= 0.3 is 6.03 Å². The third kappa shape index (κ3) is 5.06. The van der Waals surface area contributed by atoms with Crippen molar-refractivity contribution in [1.82, 2.24) is 10.2 Å². The van der Waals surface area contributed by atoms with Crippen LogP contribution in [0.4, 0.5) is 4.79 Å². The lowest BCUT2D eigenvalue weighted by Gasteiger charge is -2.42. The van der Waals surface area contributed by atoms with Crippen molar-refractivity contribution < 1.29 is 26.4 Å². The molecule has 2 saturated heterocycles. The molecule has 0 spiro atoms. The number of halogens is 2. The van der Waals surface area contributed by atoms with Crippen LogP contribution in [0.3, 0.4) is 0 Å². The zero-order valence-corrected chi connectivity index (χ0v) is 25.8. The molecule has 42 heavy (non-hydrogen) atoms. The highest BCUT2D eigenvalue weighted by Crippen LogP contribution is 2.53. The number of rotatable bonds is 6. The van der Waals surface area contributed by atoms with Gasteiger partial charge in [-0.1, -0.05) is 53.5 Å². The molecular weight excluding hydrogens is 619 g/mol. The molecule has 2 fully saturated rings. The van der Waals surface area contributed by atoms with Crippen LogP contribution < -0.4 is 10.1 Å². The number of carbonyl (C=O) groups is 1. The van der Waals surface area contributed by atoms with Crippen molar-refractivity contribution in [3.05, 3.63) is 93.5 Å². The van der Waals surface area contributed by atoms with E-state index in [0.29, 0.717) is 46.2 Å². The van der Waals surface area contributed by atoms with Gasteiger partial charge in [-0.15, -0.1) is 0 Å². The fourth-order valence-corrected chi connectivity index (χ4v) is 11.2. The Morgan fingerprint density at radius 2 is 1.76 bits per heavy atom. The Morgan fingerprint density at radius 3 is 2.45 bits per heavy atom. The molecule has 222 valence electrons. The van der Waals surface area contributed by atoms with Crippen molar-refractivity contribution in [3.63, 3.8) is 0 Å². The Bertz CT molecular complexity index is 1730. The molecule has 1 aliphatic carbocycles. The number of nitrogens with zero attached hydrogens (tertiary/aromatic N) is 1. The second kappa shape index (κ2) is 11.0. The van der Waals surface area contributed by atoms with Gasteiger partial charge in [0, 0.05) is 28.2 Å². The molecule has 3 aromatic rings. The number of nitrogens with one attached hydrogen (secondary N) is 1. The topological polar surface area (TPSA) is 110 Å². The van der Waals surface area contributed by atoms with Crippen molar-refractivity contribution in [2.24, 2.45) is 0 Å². The third-order valence-corrected chi connectivity index (χ3v) is 13.7. The van der Waals surface area contributed by atoms with E-state index in [1.54, 1.807) is 65.6 Å². The molecule has 12 heteroatoms. The largest absolute Gasteiger partial charge is 0.489 e. The zero-order valence-electron chi connectivity index (χ0n) is 22.6. The first-order valence-corrected chi connectivity index (χ1v) is 17.8. The Hall–Kier alpha value is -2.79. The first kappa shape index (κ1) is 29.3. The van der Waals surface area contributed by atoms with E-state index in [-0.39, 0.29) is 36.0 Å². The van der Waals surface area contributed by atoms with Gasteiger partial charge in [-0.25, -0.2) is 21.6 Å². The molecule has 6 rings (SSSR count). The molecule has 8 nitrogen and oxygen atoms in total. The summed E-state index contributed by atoms with van der Waals surface area (Å²) in [5.74, 6) is 0.495. The summed E-state index contributed by atoms with van der Waals surface area (Å²) in [4.78, 5) is 15.3. The normalized spacial score (nSPS) is 24.6. The Balaban J connectivity index is 1.35. The number of ether oxygens (including phenoxy) is 1. The van der Waals surface area contributed by atoms with E-state index in [0.717, 1.165) is 5.56 Å². The molecule has 1 N–H and O–H groups in total. The van der Waals surface area contributed by atoms with Crippen molar-refractivity contribution in [2.75, 3.05) is 18.1 Å². The third-order valence-electron chi connectivity index (χ3n) is 8.66. The van der Waals surface area contributed by atoms with Gasteiger partial charge in [0.25, 0.3) is 0 Å². The lowest BCUT2D eigenvalue weighted by molar-refractivity contribution is 0.179. The number of likely N-dealkylation sites (tertiary alicyclic amines) is 1. The summed E-state index contributed by atoms with van der Waals surface area (Å²) in [6, 6.07) is 17.5. The predicted octanol–water partition coefficient (Wildman–Crippen LogP) is 5.16. The van der Waals surface area contributed by atoms with Gasteiger partial charge in [0.1, 0.15) is 17.1 Å². The van der Waals surface area contributed by atoms with Crippen molar-refractivity contribution in [3.8, 4) is 5.75 Å². The summed E-state index contributed by atoms with van der Waals surface area (Å²) < 4.78 is 57.7. The highest BCUT2D eigenvalue weighted by atomic mass is 35.5. The molecule has 3 aromatic carbocycles. The first-order chi connectivity index (χ1) is 20.0. The number of sulfone groups is 2. The number of amides is 2. The molecule has 0 aromatic heterocycles. The summed E-state index contributed by atoms with van der Waals surface area (Å²) in [5.41, 5.74) is 2.16. The van der Waals surface area contributed by atoms with Crippen LogP contribution in [0.25, 0.3) is 0 Å². The van der Waals surface area contributed by atoms with Gasteiger partial charge in [0.2, 0.25) is 0 Å². The maximum absolute atomic E-state index is 14.5. The van der Waals surface area contributed by atoms with Gasteiger partial charge in [-0.05, 0) is 73.2 Å². The maximum Gasteiger partial charge on any atom is 0.317 e. The number of aryl methyl sites for hydroxylation is 1. The second-order valence-electron chi connectivity index (χ2n) is 11.1. The van der Waals surface area contributed by atoms with E-state index >= 15 is 0 Å². The van der Waals surface area contributed by atoms with Crippen LogP contribution in [0.1, 0.15) is 36.0 Å². The van der Waals surface area contributed by atoms with Crippen LogP contribution in [-0.2, 0) is 37.4 Å². The Kier molecular flexibility index (Phi) is 7.70. The fourth-order valence-electron chi connectivity index (χ4n) is 6.64. The number of carbonyl (C=O) groups excluding carboxylic acids is 1. The van der Waals surface area contributed by atoms with E-state index in [1.165, 1.54) is 0 Å². The van der Waals surface area contributed by atoms with E-state index < -0.39 is 42.5 Å². The molecule has 2 heterocycles. The fraction of sp³-hybridized carbons (Fsp3) is 0.367. The van der Waals surface area contributed by atoms with Gasteiger partial charge in [0.05, 0.1) is 22.4 Å². The summed E-state index contributed by atoms with van der Waals surface area (Å²) in [7, 11) is -7.15. The quantitative estimate of drug-likeness (QED) is 0.395. The molecule has 2 amide bonds. The smallest absolute Gasteiger partial charge is 0.317 e. The number of benzene rings is 3. The average molecular weight is 650 g/mol.